The average Bonchev–Trinajstić information content (AvgIpc) is 2.63. The van der Waals surface area contributed by atoms with Gasteiger partial charge in [-0.05, 0) is 0 Å². The largest absolute Gasteiger partial charge is 4.00 e. The third-order valence-electron chi connectivity index (χ3n) is 2.81. The Kier molecular flexibility index (Phi) is 10.1. The molecule has 17 heavy (non-hydrogen) atoms. The van der Waals surface area contributed by atoms with E-state index in [2.05, 4.69) is 36.3 Å². The fraction of sp³-hybridized carbons (Fsp3) is 0.308. The number of hydrogen-bond donors (Lipinski definition) is 1. The molecule has 1 aliphatic rings. The molecule has 2 aromatic rings. The van der Waals surface area contributed by atoms with E-state index in [0.29, 0.717) is 0 Å². The smallest absolute Gasteiger partial charge is 1.00 e. The molecule has 4 heteroatoms. The van der Waals surface area contributed by atoms with E-state index in [4.69, 9.17) is 0 Å². The first kappa shape index (κ1) is 19.3. The normalized spacial score (nSPS) is 10.2. The predicted octanol–water partition coefficient (Wildman–Crippen LogP) is -3.06. The van der Waals surface area contributed by atoms with Gasteiger partial charge < -0.3 is 29.8 Å². The number of aryl methyl sites for hydroxylation is 4. The van der Waals surface area contributed by atoms with Crippen molar-refractivity contribution in [2.75, 3.05) is 0 Å². The second-order valence-corrected chi connectivity index (χ2v) is 3.80. The summed E-state index contributed by atoms with van der Waals surface area (Å²) < 4.78 is 0. The van der Waals surface area contributed by atoms with Gasteiger partial charge in [-0.25, -0.2) is 12.1 Å². The van der Waals surface area contributed by atoms with Crippen molar-refractivity contribution in [3.63, 3.8) is 0 Å². The molecule has 0 saturated carbocycles. The zero-order chi connectivity index (χ0) is 9.97. The zero-order valence-electron chi connectivity index (χ0n) is 9.98. The van der Waals surface area contributed by atoms with E-state index in [0.717, 1.165) is 0 Å². The molecule has 1 heterocycles. The Hall–Kier alpha value is -0.0757. The van der Waals surface area contributed by atoms with Crippen LogP contribution in [0.15, 0.2) is 24.4 Å². The minimum atomic E-state index is 0. The molecular weight excluding hydrogens is 289 g/mol. The minimum absolute atomic E-state index is 0. The van der Waals surface area contributed by atoms with Gasteiger partial charge in [-0.3, -0.25) is 0 Å². The van der Waals surface area contributed by atoms with Crippen molar-refractivity contribution in [2.24, 2.45) is 0 Å². The molecule has 0 fully saturated rings. The Morgan fingerprint density at radius 2 is 2.00 bits per heavy atom. The molecule has 1 nitrogen and oxygen atoms in total. The van der Waals surface area contributed by atoms with Gasteiger partial charge in [0, 0.05) is 0 Å². The summed E-state index contributed by atoms with van der Waals surface area (Å²) in [5, 5.41) is 0. The van der Waals surface area contributed by atoms with Gasteiger partial charge >= 0.3 is 21.7 Å². The van der Waals surface area contributed by atoms with Gasteiger partial charge in [0.05, 0.1) is 0 Å². The maximum absolute atomic E-state index is 2.94. The minimum Gasteiger partial charge on any atom is -1.00 e. The standard InChI is InChI=1S/C7H7.C6H8N.2ClH.Ti/c1-2-6-4-5-7(6)3-1;1-5-3-7-4-6(5)2;;;/h1-3H,4-5H2;3,7H,1-2H3;2*1H;/q2*-1;;;+4/p-2. The molecule has 0 spiro atoms. The van der Waals surface area contributed by atoms with Crippen molar-refractivity contribution in [3.8, 4) is 0 Å². The van der Waals surface area contributed by atoms with Crippen LogP contribution in [0, 0.1) is 20.0 Å². The molecule has 1 N–H and O–H groups in total. The van der Waals surface area contributed by atoms with Gasteiger partial charge in [-0.1, -0.05) is 26.7 Å². The fourth-order valence-electron chi connectivity index (χ4n) is 1.53. The molecular formula is C13H15Cl2NTi. The summed E-state index contributed by atoms with van der Waals surface area (Å²) in [4.78, 5) is 2.87. The Labute approximate surface area is 130 Å². The molecule has 3 rings (SSSR count). The van der Waals surface area contributed by atoms with Gasteiger partial charge in [0.1, 0.15) is 0 Å². The SMILES string of the molecule is Cc1[c-][nH]cc1C.[Cl-].[Cl-].[Ti+4].c1cc2[c-](c1)CC2. The van der Waals surface area contributed by atoms with Crippen LogP contribution in [0.25, 0.3) is 0 Å². The van der Waals surface area contributed by atoms with Crippen LogP contribution in [0.2, 0.25) is 0 Å². The quantitative estimate of drug-likeness (QED) is 0.393. The fourth-order valence-corrected chi connectivity index (χ4v) is 1.53. The molecule has 0 atom stereocenters. The van der Waals surface area contributed by atoms with Crippen molar-refractivity contribution in [2.45, 2.75) is 26.7 Å². The van der Waals surface area contributed by atoms with Gasteiger partial charge in [0.2, 0.25) is 0 Å². The third kappa shape index (κ3) is 4.97. The molecule has 90 valence electrons. The van der Waals surface area contributed by atoms with E-state index in [1.165, 1.54) is 24.0 Å². The van der Waals surface area contributed by atoms with Crippen molar-refractivity contribution in [1.82, 2.24) is 4.98 Å². The first-order valence-electron chi connectivity index (χ1n) is 5.03. The van der Waals surface area contributed by atoms with Crippen LogP contribution in [0.4, 0.5) is 0 Å². The zero-order valence-corrected chi connectivity index (χ0v) is 13.1. The molecule has 1 aliphatic carbocycles. The first-order valence-corrected chi connectivity index (χ1v) is 5.03. The summed E-state index contributed by atoms with van der Waals surface area (Å²) in [6, 6.07) is 6.55. The van der Waals surface area contributed by atoms with Crippen LogP contribution in [0.1, 0.15) is 22.3 Å². The summed E-state index contributed by atoms with van der Waals surface area (Å²) in [6.45, 7) is 4.09. The number of fused-ring (bicyclic) bond motifs is 1. The molecule has 0 bridgehead atoms. The van der Waals surface area contributed by atoms with Crippen LogP contribution >= 0.6 is 0 Å². The summed E-state index contributed by atoms with van der Waals surface area (Å²) in [6.07, 6.45) is 7.53. The Morgan fingerprint density at radius 1 is 1.29 bits per heavy atom. The number of halogens is 2. The number of nitrogens with one attached hydrogen (secondary N) is 1. The molecule has 0 amide bonds. The summed E-state index contributed by atoms with van der Waals surface area (Å²) in [5.74, 6) is 0. The second kappa shape index (κ2) is 8.93. The van der Waals surface area contributed by atoms with E-state index in [-0.39, 0.29) is 46.5 Å². The van der Waals surface area contributed by atoms with E-state index in [1.54, 1.807) is 11.1 Å². The summed E-state index contributed by atoms with van der Waals surface area (Å²) in [5.41, 5.74) is 5.63. The molecule has 1 aromatic carbocycles. The van der Waals surface area contributed by atoms with Crippen molar-refractivity contribution in [1.29, 1.82) is 0 Å². The number of rotatable bonds is 0. The van der Waals surface area contributed by atoms with Gasteiger partial charge in [0.25, 0.3) is 0 Å². The average molecular weight is 304 g/mol. The van der Waals surface area contributed by atoms with Crippen LogP contribution in [0.5, 0.6) is 0 Å². The number of aromatic amines is 1. The predicted molar refractivity (Wildman–Crippen MR) is 58.5 cm³/mol. The van der Waals surface area contributed by atoms with Crippen LogP contribution in [-0.2, 0) is 34.6 Å². The monoisotopic (exact) mass is 303 g/mol. The molecule has 1 aromatic heterocycles. The van der Waals surface area contributed by atoms with E-state index in [1.807, 2.05) is 13.1 Å². The van der Waals surface area contributed by atoms with Crippen molar-refractivity contribution < 1.29 is 46.5 Å². The van der Waals surface area contributed by atoms with E-state index >= 15 is 0 Å². The molecule has 0 unspecified atom stereocenters. The molecule has 0 saturated heterocycles. The van der Waals surface area contributed by atoms with Crippen molar-refractivity contribution >= 4 is 0 Å². The number of H-pyrrole nitrogens is 1. The second-order valence-electron chi connectivity index (χ2n) is 3.80. The molecule has 0 radical (unpaired) electrons. The third-order valence-corrected chi connectivity index (χ3v) is 2.81. The maximum Gasteiger partial charge on any atom is 4.00 e. The first-order chi connectivity index (χ1) is 6.77. The van der Waals surface area contributed by atoms with Crippen LogP contribution < -0.4 is 24.8 Å². The summed E-state index contributed by atoms with van der Waals surface area (Å²) >= 11 is 0. The topological polar surface area (TPSA) is 15.8 Å². The van der Waals surface area contributed by atoms with Crippen LogP contribution in [0.3, 0.4) is 0 Å². The van der Waals surface area contributed by atoms with E-state index < -0.39 is 0 Å². The van der Waals surface area contributed by atoms with Gasteiger partial charge in [-0.2, -0.15) is 28.3 Å². The number of aromatic nitrogens is 1. The summed E-state index contributed by atoms with van der Waals surface area (Å²) in [7, 11) is 0. The molecule has 0 aliphatic heterocycles. The van der Waals surface area contributed by atoms with Crippen molar-refractivity contribution in [3.05, 3.63) is 52.8 Å². The van der Waals surface area contributed by atoms with Gasteiger partial charge in [0.15, 0.2) is 0 Å². The Morgan fingerprint density at radius 3 is 2.18 bits per heavy atom. The maximum atomic E-state index is 2.94. The Bertz CT molecular complexity index is 359. The Balaban J connectivity index is 0. The number of hydrogen-bond acceptors (Lipinski definition) is 0. The van der Waals surface area contributed by atoms with E-state index in [9.17, 15) is 0 Å². The van der Waals surface area contributed by atoms with Crippen LogP contribution in [-0.4, -0.2) is 4.98 Å². The van der Waals surface area contributed by atoms with Gasteiger partial charge in [-0.15, -0.1) is 12.4 Å².